The molecule has 0 saturated heterocycles. The molecule has 0 aliphatic heterocycles. The van der Waals surface area contributed by atoms with E-state index >= 15 is 0 Å². The third-order valence-electron chi connectivity index (χ3n) is 2.23. The van der Waals surface area contributed by atoms with E-state index in [0.29, 0.717) is 0 Å². The van der Waals surface area contributed by atoms with E-state index in [9.17, 15) is 5.11 Å². The largest absolute Gasteiger partial charge is 0.496 e. The first-order valence-corrected chi connectivity index (χ1v) is 4.39. The zero-order chi connectivity index (χ0) is 10.0. The lowest BCUT2D eigenvalue weighted by molar-refractivity contribution is 0.198. The lowest BCUT2D eigenvalue weighted by Gasteiger charge is -2.12. The van der Waals surface area contributed by atoms with E-state index in [-0.39, 0.29) is 0 Å². The molecule has 2 heteroatoms. The van der Waals surface area contributed by atoms with Gasteiger partial charge in [-0.3, -0.25) is 0 Å². The van der Waals surface area contributed by atoms with Gasteiger partial charge < -0.3 is 9.84 Å². The van der Waals surface area contributed by atoms with E-state index in [2.05, 4.69) is 0 Å². The maximum atomic E-state index is 9.45. The molecule has 1 N–H and O–H groups in total. The fraction of sp³-hybridized carbons (Fsp3) is 0.455. The van der Waals surface area contributed by atoms with E-state index in [1.165, 1.54) is 0 Å². The smallest absolute Gasteiger partial charge is 0.122 e. The van der Waals surface area contributed by atoms with Gasteiger partial charge in [-0.15, -0.1) is 0 Å². The van der Waals surface area contributed by atoms with E-state index in [1.54, 1.807) is 14.0 Å². The SMILES string of the molecule is COc1cc(C)c([C@@H](C)O)cc1C. The van der Waals surface area contributed by atoms with Crippen LogP contribution in [0, 0.1) is 13.8 Å². The summed E-state index contributed by atoms with van der Waals surface area (Å²) in [6, 6.07) is 3.93. The van der Waals surface area contributed by atoms with Gasteiger partial charge in [0.15, 0.2) is 0 Å². The summed E-state index contributed by atoms with van der Waals surface area (Å²) in [6.07, 6.45) is -0.412. The molecule has 72 valence electrons. The fourth-order valence-electron chi connectivity index (χ4n) is 1.48. The molecule has 1 aromatic carbocycles. The molecule has 0 bridgehead atoms. The Morgan fingerprint density at radius 2 is 1.85 bits per heavy atom. The molecule has 1 aromatic rings. The number of aryl methyl sites for hydroxylation is 2. The number of rotatable bonds is 2. The molecule has 1 atom stereocenters. The van der Waals surface area contributed by atoms with Crippen LogP contribution in [0.15, 0.2) is 12.1 Å². The number of benzene rings is 1. The van der Waals surface area contributed by atoms with E-state index < -0.39 is 6.10 Å². The van der Waals surface area contributed by atoms with Crippen molar-refractivity contribution in [1.29, 1.82) is 0 Å². The summed E-state index contributed by atoms with van der Waals surface area (Å²) in [7, 11) is 1.66. The van der Waals surface area contributed by atoms with Crippen molar-refractivity contribution in [3.63, 3.8) is 0 Å². The van der Waals surface area contributed by atoms with Gasteiger partial charge in [0.1, 0.15) is 5.75 Å². The van der Waals surface area contributed by atoms with Gasteiger partial charge >= 0.3 is 0 Å². The van der Waals surface area contributed by atoms with Crippen LogP contribution in [0.25, 0.3) is 0 Å². The molecule has 0 saturated carbocycles. The Morgan fingerprint density at radius 3 is 2.31 bits per heavy atom. The molecule has 0 amide bonds. The zero-order valence-corrected chi connectivity index (χ0v) is 8.59. The van der Waals surface area contributed by atoms with Gasteiger partial charge in [0, 0.05) is 0 Å². The summed E-state index contributed by atoms with van der Waals surface area (Å²) < 4.78 is 5.18. The van der Waals surface area contributed by atoms with Gasteiger partial charge in [-0.25, -0.2) is 0 Å². The van der Waals surface area contributed by atoms with Gasteiger partial charge in [0.05, 0.1) is 13.2 Å². The molecular weight excluding hydrogens is 164 g/mol. The average molecular weight is 180 g/mol. The molecule has 13 heavy (non-hydrogen) atoms. The number of hydrogen-bond acceptors (Lipinski definition) is 2. The maximum Gasteiger partial charge on any atom is 0.122 e. The Morgan fingerprint density at radius 1 is 1.23 bits per heavy atom. The first kappa shape index (κ1) is 10.1. The topological polar surface area (TPSA) is 29.5 Å². The minimum atomic E-state index is -0.412. The van der Waals surface area contributed by atoms with Crippen molar-refractivity contribution in [2.24, 2.45) is 0 Å². The fourth-order valence-corrected chi connectivity index (χ4v) is 1.48. The van der Waals surface area contributed by atoms with Gasteiger partial charge in [-0.1, -0.05) is 0 Å². The second-order valence-corrected chi connectivity index (χ2v) is 3.35. The lowest BCUT2D eigenvalue weighted by atomic mass is 10.0. The van der Waals surface area contributed by atoms with Gasteiger partial charge in [0.25, 0.3) is 0 Å². The van der Waals surface area contributed by atoms with Crippen molar-refractivity contribution >= 4 is 0 Å². The summed E-state index contributed by atoms with van der Waals surface area (Å²) in [5.41, 5.74) is 3.10. The van der Waals surface area contributed by atoms with Crippen LogP contribution in [-0.2, 0) is 0 Å². The molecule has 0 spiro atoms. The van der Waals surface area contributed by atoms with Gasteiger partial charge in [-0.05, 0) is 49.6 Å². The highest BCUT2D eigenvalue weighted by Gasteiger charge is 2.08. The molecule has 0 heterocycles. The molecule has 0 radical (unpaired) electrons. The quantitative estimate of drug-likeness (QED) is 0.757. The second kappa shape index (κ2) is 3.79. The van der Waals surface area contributed by atoms with E-state index in [0.717, 1.165) is 22.4 Å². The number of aliphatic hydroxyl groups is 1. The number of hydrogen-bond donors (Lipinski definition) is 1. The van der Waals surface area contributed by atoms with Crippen LogP contribution >= 0.6 is 0 Å². The predicted octanol–water partition coefficient (Wildman–Crippen LogP) is 2.37. The minimum absolute atomic E-state index is 0.412. The first-order valence-electron chi connectivity index (χ1n) is 4.39. The first-order chi connectivity index (χ1) is 6.06. The number of ether oxygens (including phenoxy) is 1. The van der Waals surface area contributed by atoms with Crippen molar-refractivity contribution in [2.45, 2.75) is 26.9 Å². The molecule has 0 fully saturated rings. The van der Waals surface area contributed by atoms with Crippen molar-refractivity contribution in [2.75, 3.05) is 7.11 Å². The summed E-state index contributed by atoms with van der Waals surface area (Å²) in [4.78, 5) is 0. The van der Waals surface area contributed by atoms with Crippen molar-refractivity contribution in [3.8, 4) is 5.75 Å². The third kappa shape index (κ3) is 2.01. The number of methoxy groups -OCH3 is 1. The van der Waals surface area contributed by atoms with Crippen LogP contribution in [0.3, 0.4) is 0 Å². The highest BCUT2D eigenvalue weighted by molar-refractivity contribution is 5.42. The highest BCUT2D eigenvalue weighted by atomic mass is 16.5. The standard InChI is InChI=1S/C11H16O2/c1-7-6-11(13-4)8(2)5-10(7)9(3)12/h5-6,9,12H,1-4H3/t9-/m1/s1. The summed E-state index contributed by atoms with van der Waals surface area (Å²) in [5, 5.41) is 9.45. The van der Waals surface area contributed by atoms with E-state index in [4.69, 9.17) is 4.74 Å². The summed E-state index contributed by atoms with van der Waals surface area (Å²) >= 11 is 0. The normalized spacial score (nSPS) is 12.7. The Hall–Kier alpha value is -1.02. The Bertz CT molecular complexity index is 303. The van der Waals surface area contributed by atoms with Crippen LogP contribution in [0.5, 0.6) is 5.75 Å². The van der Waals surface area contributed by atoms with E-state index in [1.807, 2.05) is 26.0 Å². The Balaban J connectivity index is 3.20. The molecule has 0 aliphatic carbocycles. The third-order valence-corrected chi connectivity index (χ3v) is 2.23. The Kier molecular flexibility index (Phi) is 2.94. The van der Waals surface area contributed by atoms with Crippen molar-refractivity contribution in [1.82, 2.24) is 0 Å². The van der Waals surface area contributed by atoms with Crippen molar-refractivity contribution < 1.29 is 9.84 Å². The summed E-state index contributed by atoms with van der Waals surface area (Å²) in [6.45, 7) is 5.72. The molecule has 0 aromatic heterocycles. The molecule has 2 nitrogen and oxygen atoms in total. The molecule has 1 rings (SSSR count). The van der Waals surface area contributed by atoms with Crippen LogP contribution in [0.4, 0.5) is 0 Å². The molecular formula is C11H16O2. The van der Waals surface area contributed by atoms with Gasteiger partial charge in [0.2, 0.25) is 0 Å². The maximum absolute atomic E-state index is 9.45. The van der Waals surface area contributed by atoms with Crippen LogP contribution in [0.1, 0.15) is 29.7 Å². The van der Waals surface area contributed by atoms with Gasteiger partial charge in [-0.2, -0.15) is 0 Å². The average Bonchev–Trinajstić information content (AvgIpc) is 2.07. The van der Waals surface area contributed by atoms with Crippen molar-refractivity contribution in [3.05, 3.63) is 28.8 Å². The summed E-state index contributed by atoms with van der Waals surface area (Å²) in [5.74, 6) is 0.877. The van der Waals surface area contributed by atoms with Crippen LogP contribution in [0.2, 0.25) is 0 Å². The Labute approximate surface area is 79.2 Å². The second-order valence-electron chi connectivity index (χ2n) is 3.35. The minimum Gasteiger partial charge on any atom is -0.496 e. The van der Waals surface area contributed by atoms with Crippen LogP contribution < -0.4 is 4.74 Å². The predicted molar refractivity (Wildman–Crippen MR) is 53.1 cm³/mol. The zero-order valence-electron chi connectivity index (χ0n) is 8.59. The monoisotopic (exact) mass is 180 g/mol. The highest BCUT2D eigenvalue weighted by Crippen LogP contribution is 2.26. The molecule has 0 aliphatic rings. The lowest BCUT2D eigenvalue weighted by Crippen LogP contribution is -1.97. The molecule has 0 unspecified atom stereocenters. The number of aliphatic hydroxyl groups excluding tert-OH is 1. The van der Waals surface area contributed by atoms with Crippen LogP contribution in [-0.4, -0.2) is 12.2 Å².